The molecule has 2 N–H and O–H groups in total. The monoisotopic (exact) mass is 281 g/mol. The quantitative estimate of drug-likeness (QED) is 0.521. The van der Waals surface area contributed by atoms with Gasteiger partial charge in [-0.05, 0) is 18.1 Å². The predicted molar refractivity (Wildman–Crippen MR) is 79.3 cm³/mol. The van der Waals surface area contributed by atoms with Crippen molar-refractivity contribution >= 4 is 23.1 Å². The number of nitrogen functional groups attached to an aromatic ring is 1. The molecule has 0 radical (unpaired) electrons. The number of hydrogen-bond donors (Lipinski definition) is 1. The number of nitro groups is 1. The second-order valence-corrected chi connectivity index (χ2v) is 6.19. The molecule has 1 aliphatic rings. The number of nitro benzene ring substituents is 1. The molecule has 1 saturated heterocycles. The highest BCUT2D eigenvalue weighted by molar-refractivity contribution is 8.00. The average Bonchev–Trinajstić information content (AvgIpc) is 2.38. The zero-order valence-electron chi connectivity index (χ0n) is 11.0. The Balaban J connectivity index is 2.03. The van der Waals surface area contributed by atoms with E-state index in [1.54, 1.807) is 12.1 Å². The van der Waals surface area contributed by atoms with Gasteiger partial charge in [-0.25, -0.2) is 0 Å². The molecule has 0 bridgehead atoms. The van der Waals surface area contributed by atoms with E-state index in [9.17, 15) is 10.1 Å². The van der Waals surface area contributed by atoms with Crippen LogP contribution < -0.4 is 5.73 Å². The molecule has 104 valence electrons. The van der Waals surface area contributed by atoms with Crippen molar-refractivity contribution in [3.8, 4) is 0 Å². The SMILES string of the molecule is CCC1CN(Cc2ccc([N+](=O)[O-])c(N)c2)CCS1. The van der Waals surface area contributed by atoms with Crippen LogP contribution >= 0.6 is 11.8 Å². The van der Waals surface area contributed by atoms with E-state index in [1.807, 2.05) is 11.8 Å². The van der Waals surface area contributed by atoms with E-state index in [4.69, 9.17) is 5.73 Å². The second kappa shape index (κ2) is 6.25. The normalized spacial score (nSPS) is 20.4. The fourth-order valence-corrected chi connectivity index (χ4v) is 3.55. The van der Waals surface area contributed by atoms with Gasteiger partial charge in [0.15, 0.2) is 0 Å². The van der Waals surface area contributed by atoms with Gasteiger partial charge in [0.1, 0.15) is 5.69 Å². The molecule has 19 heavy (non-hydrogen) atoms. The summed E-state index contributed by atoms with van der Waals surface area (Å²) in [6.07, 6.45) is 1.18. The third-order valence-electron chi connectivity index (χ3n) is 3.37. The van der Waals surface area contributed by atoms with E-state index in [1.165, 1.54) is 12.5 Å². The van der Waals surface area contributed by atoms with Crippen LogP contribution in [0.4, 0.5) is 11.4 Å². The molecule has 1 unspecified atom stereocenters. The van der Waals surface area contributed by atoms with Gasteiger partial charge in [-0.2, -0.15) is 11.8 Å². The zero-order chi connectivity index (χ0) is 13.8. The third kappa shape index (κ3) is 3.61. The molecule has 0 spiro atoms. The van der Waals surface area contributed by atoms with Crippen molar-refractivity contribution in [3.63, 3.8) is 0 Å². The number of anilines is 1. The maximum Gasteiger partial charge on any atom is 0.292 e. The van der Waals surface area contributed by atoms with Crippen molar-refractivity contribution in [1.29, 1.82) is 0 Å². The highest BCUT2D eigenvalue weighted by Gasteiger charge is 2.19. The van der Waals surface area contributed by atoms with Crippen molar-refractivity contribution in [3.05, 3.63) is 33.9 Å². The highest BCUT2D eigenvalue weighted by Crippen LogP contribution is 2.25. The standard InChI is InChI=1S/C13H19N3O2S/c1-2-11-9-15(5-6-19-11)8-10-3-4-13(16(17)18)12(14)7-10/h3-4,7,11H,2,5-6,8-9,14H2,1H3. The fourth-order valence-electron chi connectivity index (χ4n) is 2.30. The van der Waals surface area contributed by atoms with Crippen LogP contribution in [-0.4, -0.2) is 33.9 Å². The molecule has 2 rings (SSSR count). The summed E-state index contributed by atoms with van der Waals surface area (Å²) in [5, 5.41) is 11.4. The summed E-state index contributed by atoms with van der Waals surface area (Å²) < 4.78 is 0. The largest absolute Gasteiger partial charge is 0.393 e. The Hall–Kier alpha value is -1.27. The number of hydrogen-bond acceptors (Lipinski definition) is 5. The van der Waals surface area contributed by atoms with E-state index < -0.39 is 4.92 Å². The molecular weight excluding hydrogens is 262 g/mol. The van der Waals surface area contributed by atoms with Crippen molar-refractivity contribution in [2.24, 2.45) is 0 Å². The number of benzene rings is 1. The molecule has 1 fully saturated rings. The van der Waals surface area contributed by atoms with Crippen LogP contribution in [0, 0.1) is 10.1 Å². The van der Waals surface area contributed by atoms with Crippen LogP contribution in [-0.2, 0) is 6.54 Å². The molecule has 0 amide bonds. The van der Waals surface area contributed by atoms with Gasteiger partial charge in [0, 0.05) is 36.7 Å². The maximum absolute atomic E-state index is 10.7. The molecular formula is C13H19N3O2S. The first-order valence-electron chi connectivity index (χ1n) is 6.47. The van der Waals surface area contributed by atoms with Gasteiger partial charge in [0.25, 0.3) is 5.69 Å². The van der Waals surface area contributed by atoms with Crippen LogP contribution in [0.3, 0.4) is 0 Å². The van der Waals surface area contributed by atoms with Crippen molar-refractivity contribution in [2.75, 3.05) is 24.6 Å². The first kappa shape index (κ1) is 14.1. The van der Waals surface area contributed by atoms with E-state index in [0.29, 0.717) is 5.25 Å². The van der Waals surface area contributed by atoms with Crippen LogP contribution in [0.25, 0.3) is 0 Å². The summed E-state index contributed by atoms with van der Waals surface area (Å²) in [6.45, 7) is 5.18. The third-order valence-corrected chi connectivity index (χ3v) is 4.75. The Kier molecular flexibility index (Phi) is 4.66. The molecule has 1 aromatic rings. The van der Waals surface area contributed by atoms with Crippen molar-refractivity contribution in [2.45, 2.75) is 25.1 Å². The predicted octanol–water partition coefficient (Wildman–Crippen LogP) is 2.50. The molecule has 1 atom stereocenters. The van der Waals surface area contributed by atoms with Gasteiger partial charge in [-0.3, -0.25) is 15.0 Å². The first-order chi connectivity index (χ1) is 9.10. The maximum atomic E-state index is 10.7. The van der Waals surface area contributed by atoms with E-state index >= 15 is 0 Å². The fraction of sp³-hybridized carbons (Fsp3) is 0.538. The van der Waals surface area contributed by atoms with Crippen molar-refractivity contribution < 1.29 is 4.92 Å². The summed E-state index contributed by atoms with van der Waals surface area (Å²) in [6, 6.07) is 5.03. The van der Waals surface area contributed by atoms with Gasteiger partial charge in [-0.1, -0.05) is 13.0 Å². The molecule has 0 aliphatic carbocycles. The lowest BCUT2D eigenvalue weighted by molar-refractivity contribution is -0.383. The summed E-state index contributed by atoms with van der Waals surface area (Å²) >= 11 is 2.03. The smallest absolute Gasteiger partial charge is 0.292 e. The van der Waals surface area contributed by atoms with E-state index in [0.717, 1.165) is 31.0 Å². The van der Waals surface area contributed by atoms with E-state index in [2.05, 4.69) is 11.8 Å². The first-order valence-corrected chi connectivity index (χ1v) is 7.51. The Morgan fingerprint density at radius 3 is 3.00 bits per heavy atom. The number of nitrogens with two attached hydrogens (primary N) is 1. The lowest BCUT2D eigenvalue weighted by Crippen LogP contribution is -2.37. The summed E-state index contributed by atoms with van der Waals surface area (Å²) in [5.74, 6) is 1.15. The van der Waals surface area contributed by atoms with Gasteiger partial charge < -0.3 is 5.73 Å². The van der Waals surface area contributed by atoms with E-state index in [-0.39, 0.29) is 11.4 Å². The lowest BCUT2D eigenvalue weighted by Gasteiger charge is -2.31. The molecule has 1 heterocycles. The Morgan fingerprint density at radius 2 is 2.37 bits per heavy atom. The minimum Gasteiger partial charge on any atom is -0.393 e. The van der Waals surface area contributed by atoms with Gasteiger partial charge in [-0.15, -0.1) is 0 Å². The zero-order valence-corrected chi connectivity index (χ0v) is 11.9. The van der Waals surface area contributed by atoms with Gasteiger partial charge in [0.2, 0.25) is 0 Å². The highest BCUT2D eigenvalue weighted by atomic mass is 32.2. The van der Waals surface area contributed by atoms with Crippen LogP contribution in [0.1, 0.15) is 18.9 Å². The molecule has 0 saturated carbocycles. The summed E-state index contributed by atoms with van der Waals surface area (Å²) in [7, 11) is 0. The van der Waals surface area contributed by atoms with Crippen LogP contribution in [0.5, 0.6) is 0 Å². The molecule has 6 heteroatoms. The molecule has 5 nitrogen and oxygen atoms in total. The molecule has 1 aliphatic heterocycles. The van der Waals surface area contributed by atoms with Crippen LogP contribution in [0.15, 0.2) is 18.2 Å². The van der Waals surface area contributed by atoms with Gasteiger partial charge in [0.05, 0.1) is 4.92 Å². The molecule has 0 aromatic heterocycles. The Bertz CT molecular complexity index is 467. The average molecular weight is 281 g/mol. The minimum absolute atomic E-state index is 0.00983. The lowest BCUT2D eigenvalue weighted by atomic mass is 10.1. The van der Waals surface area contributed by atoms with Crippen LogP contribution in [0.2, 0.25) is 0 Å². The van der Waals surface area contributed by atoms with Crippen molar-refractivity contribution in [1.82, 2.24) is 4.90 Å². The Labute approximate surface area is 117 Å². The van der Waals surface area contributed by atoms with Gasteiger partial charge >= 0.3 is 0 Å². The number of nitrogens with zero attached hydrogens (tertiary/aromatic N) is 2. The molecule has 1 aromatic carbocycles. The number of rotatable bonds is 4. The number of thioether (sulfide) groups is 1. The Morgan fingerprint density at radius 1 is 1.58 bits per heavy atom. The topological polar surface area (TPSA) is 72.4 Å². The second-order valence-electron chi connectivity index (χ2n) is 4.79. The minimum atomic E-state index is -0.441. The summed E-state index contributed by atoms with van der Waals surface area (Å²) in [5.41, 5.74) is 7.00. The summed E-state index contributed by atoms with van der Waals surface area (Å²) in [4.78, 5) is 12.7.